The Bertz CT molecular complexity index is 565. The summed E-state index contributed by atoms with van der Waals surface area (Å²) in [6.45, 7) is 8.33. The van der Waals surface area contributed by atoms with Crippen molar-refractivity contribution in [2.75, 3.05) is 13.6 Å². The Kier molecular flexibility index (Phi) is 5.92. The smallest absolute Gasteiger partial charge is 0.240 e. The molecule has 1 aromatic rings. The SMILES string of the molecule is CNS(=O)(=O)c1cccc(C(C)NCC(O)C(C)(C)C)c1. The molecule has 0 amide bonds. The number of aliphatic hydroxyl groups excluding tert-OH is 1. The first-order valence-electron chi connectivity index (χ1n) is 7.03. The van der Waals surface area contributed by atoms with Crippen LogP contribution in [0.4, 0.5) is 0 Å². The van der Waals surface area contributed by atoms with Gasteiger partial charge in [0.25, 0.3) is 0 Å². The van der Waals surface area contributed by atoms with E-state index >= 15 is 0 Å². The maximum Gasteiger partial charge on any atom is 0.240 e. The molecule has 2 atom stereocenters. The lowest BCUT2D eigenvalue weighted by atomic mass is 9.89. The monoisotopic (exact) mass is 314 g/mol. The first-order valence-corrected chi connectivity index (χ1v) is 8.51. The van der Waals surface area contributed by atoms with Gasteiger partial charge >= 0.3 is 0 Å². The average molecular weight is 314 g/mol. The van der Waals surface area contributed by atoms with Crippen LogP contribution >= 0.6 is 0 Å². The zero-order valence-corrected chi connectivity index (χ0v) is 14.2. The molecule has 21 heavy (non-hydrogen) atoms. The Morgan fingerprint density at radius 3 is 2.43 bits per heavy atom. The van der Waals surface area contributed by atoms with Gasteiger partial charge in [-0.25, -0.2) is 13.1 Å². The summed E-state index contributed by atoms with van der Waals surface area (Å²) in [5, 5.41) is 13.3. The van der Waals surface area contributed by atoms with E-state index in [4.69, 9.17) is 0 Å². The van der Waals surface area contributed by atoms with Gasteiger partial charge in [0, 0.05) is 12.6 Å². The fourth-order valence-corrected chi connectivity index (χ4v) is 2.57. The van der Waals surface area contributed by atoms with E-state index in [0.29, 0.717) is 6.54 Å². The molecular weight excluding hydrogens is 288 g/mol. The quantitative estimate of drug-likeness (QED) is 0.746. The number of hydrogen-bond acceptors (Lipinski definition) is 4. The first-order chi connectivity index (χ1) is 9.58. The molecular formula is C15H26N2O3S. The lowest BCUT2D eigenvalue weighted by Gasteiger charge is -2.27. The van der Waals surface area contributed by atoms with Crippen LogP contribution in [-0.4, -0.2) is 33.2 Å². The van der Waals surface area contributed by atoms with Gasteiger partial charge in [-0.15, -0.1) is 0 Å². The lowest BCUT2D eigenvalue weighted by molar-refractivity contribution is 0.0609. The molecule has 0 bridgehead atoms. The summed E-state index contributed by atoms with van der Waals surface area (Å²) in [6, 6.07) is 6.75. The van der Waals surface area contributed by atoms with E-state index in [0.717, 1.165) is 5.56 Å². The highest BCUT2D eigenvalue weighted by molar-refractivity contribution is 7.89. The summed E-state index contributed by atoms with van der Waals surface area (Å²) in [6.07, 6.45) is -0.468. The van der Waals surface area contributed by atoms with Crippen LogP contribution in [0.5, 0.6) is 0 Å². The Hall–Kier alpha value is -0.950. The zero-order valence-electron chi connectivity index (χ0n) is 13.3. The highest BCUT2D eigenvalue weighted by Gasteiger charge is 2.22. The van der Waals surface area contributed by atoms with Crippen molar-refractivity contribution in [1.82, 2.24) is 10.0 Å². The number of hydrogen-bond donors (Lipinski definition) is 3. The van der Waals surface area contributed by atoms with E-state index < -0.39 is 16.1 Å². The van der Waals surface area contributed by atoms with Crippen molar-refractivity contribution in [3.63, 3.8) is 0 Å². The molecule has 0 aromatic heterocycles. The average Bonchev–Trinajstić information content (AvgIpc) is 2.43. The fraction of sp³-hybridized carbons (Fsp3) is 0.600. The van der Waals surface area contributed by atoms with E-state index in [1.807, 2.05) is 33.8 Å². The molecule has 5 nitrogen and oxygen atoms in total. The van der Waals surface area contributed by atoms with Gasteiger partial charge < -0.3 is 10.4 Å². The van der Waals surface area contributed by atoms with E-state index in [-0.39, 0.29) is 16.4 Å². The molecule has 0 saturated carbocycles. The van der Waals surface area contributed by atoms with E-state index in [9.17, 15) is 13.5 Å². The van der Waals surface area contributed by atoms with Crippen molar-refractivity contribution in [1.29, 1.82) is 0 Å². The normalized spacial score (nSPS) is 15.7. The van der Waals surface area contributed by atoms with Crippen LogP contribution in [0.3, 0.4) is 0 Å². The van der Waals surface area contributed by atoms with Crippen LogP contribution in [0.1, 0.15) is 39.3 Å². The second-order valence-electron chi connectivity index (χ2n) is 6.29. The van der Waals surface area contributed by atoms with E-state index in [1.54, 1.807) is 18.2 Å². The molecule has 0 fully saturated rings. The van der Waals surface area contributed by atoms with E-state index in [1.165, 1.54) is 7.05 Å². The molecule has 6 heteroatoms. The van der Waals surface area contributed by atoms with Crippen LogP contribution in [-0.2, 0) is 10.0 Å². The number of sulfonamides is 1. The molecule has 1 rings (SSSR count). The Morgan fingerprint density at radius 1 is 1.29 bits per heavy atom. The maximum absolute atomic E-state index is 11.8. The molecule has 1 aromatic carbocycles. The number of nitrogens with one attached hydrogen (secondary N) is 2. The molecule has 3 N–H and O–H groups in total. The third-order valence-corrected chi connectivity index (χ3v) is 4.97. The number of rotatable bonds is 6. The van der Waals surface area contributed by atoms with E-state index in [2.05, 4.69) is 10.0 Å². The van der Waals surface area contributed by atoms with Crippen molar-refractivity contribution in [2.24, 2.45) is 5.41 Å². The summed E-state index contributed by atoms with van der Waals surface area (Å²) in [5.41, 5.74) is 0.678. The van der Waals surface area contributed by atoms with Gasteiger partial charge in [-0.2, -0.15) is 0 Å². The van der Waals surface area contributed by atoms with Gasteiger partial charge in [-0.3, -0.25) is 0 Å². The van der Waals surface area contributed by atoms with Crippen LogP contribution < -0.4 is 10.0 Å². The second-order valence-corrected chi connectivity index (χ2v) is 8.18. The summed E-state index contributed by atoms with van der Waals surface area (Å²) in [7, 11) is -2.04. The van der Waals surface area contributed by atoms with Crippen molar-refractivity contribution in [3.8, 4) is 0 Å². The molecule has 0 radical (unpaired) electrons. The van der Waals surface area contributed by atoms with Crippen LogP contribution in [0.25, 0.3) is 0 Å². The van der Waals surface area contributed by atoms with Crippen molar-refractivity contribution in [3.05, 3.63) is 29.8 Å². The molecule has 0 heterocycles. The topological polar surface area (TPSA) is 78.4 Å². The summed E-state index contributed by atoms with van der Waals surface area (Å²) in [5.74, 6) is 0. The first kappa shape index (κ1) is 18.1. The largest absolute Gasteiger partial charge is 0.391 e. The Balaban J connectivity index is 2.80. The third-order valence-electron chi connectivity index (χ3n) is 3.55. The predicted octanol–water partition coefficient (Wildman–Crippen LogP) is 1.65. The number of benzene rings is 1. The standard InChI is InChI=1S/C15H26N2O3S/c1-11(17-10-14(18)15(2,3)4)12-7-6-8-13(9-12)21(19,20)16-5/h6-9,11,14,16-18H,10H2,1-5H3. The lowest BCUT2D eigenvalue weighted by Crippen LogP contribution is -2.37. The van der Waals surface area contributed by atoms with Gasteiger partial charge in [-0.05, 0) is 37.1 Å². The zero-order chi connectivity index (χ0) is 16.3. The molecule has 0 aliphatic carbocycles. The summed E-state index contributed by atoms with van der Waals surface area (Å²) in [4.78, 5) is 0.243. The van der Waals surface area contributed by atoms with Gasteiger partial charge in [0.1, 0.15) is 0 Å². The van der Waals surface area contributed by atoms with Crippen LogP contribution in [0.15, 0.2) is 29.2 Å². The third kappa shape index (κ3) is 5.07. The molecule has 0 spiro atoms. The summed E-state index contributed by atoms with van der Waals surface area (Å²) >= 11 is 0. The molecule has 0 aliphatic heterocycles. The van der Waals surface area contributed by atoms with Gasteiger partial charge in [-0.1, -0.05) is 32.9 Å². The minimum Gasteiger partial charge on any atom is -0.391 e. The predicted molar refractivity (Wildman–Crippen MR) is 84.6 cm³/mol. The minimum atomic E-state index is -3.44. The van der Waals surface area contributed by atoms with Gasteiger partial charge in [0.15, 0.2) is 0 Å². The number of aliphatic hydroxyl groups is 1. The summed E-state index contributed by atoms with van der Waals surface area (Å²) < 4.78 is 25.9. The van der Waals surface area contributed by atoms with Crippen molar-refractivity contribution in [2.45, 2.75) is 44.7 Å². The Labute approximate surface area is 127 Å². The van der Waals surface area contributed by atoms with Gasteiger partial charge in [0.2, 0.25) is 10.0 Å². The van der Waals surface area contributed by atoms with Crippen molar-refractivity contribution >= 4 is 10.0 Å². The molecule has 0 saturated heterocycles. The van der Waals surface area contributed by atoms with Crippen LogP contribution in [0, 0.1) is 5.41 Å². The fourth-order valence-electron chi connectivity index (χ4n) is 1.78. The molecule has 0 aliphatic rings. The minimum absolute atomic E-state index is 0.0472. The Morgan fingerprint density at radius 2 is 1.90 bits per heavy atom. The van der Waals surface area contributed by atoms with Gasteiger partial charge in [0.05, 0.1) is 11.0 Å². The van der Waals surface area contributed by atoms with Crippen molar-refractivity contribution < 1.29 is 13.5 Å². The van der Waals surface area contributed by atoms with Crippen LogP contribution in [0.2, 0.25) is 0 Å². The maximum atomic E-state index is 11.8. The highest BCUT2D eigenvalue weighted by Crippen LogP contribution is 2.21. The second kappa shape index (κ2) is 6.87. The molecule has 120 valence electrons. The highest BCUT2D eigenvalue weighted by atomic mass is 32.2. The molecule has 2 unspecified atom stereocenters.